The number of aryl methyl sites for hydroxylation is 1. The molecule has 1 aliphatic carbocycles. The number of benzene rings is 1. The largest absolute Gasteiger partial charge is 0.337 e. The second kappa shape index (κ2) is 5.02. The van der Waals surface area contributed by atoms with Gasteiger partial charge in [-0.15, -0.1) is 0 Å². The smallest absolute Gasteiger partial charge is 0.123 e. The van der Waals surface area contributed by atoms with Crippen molar-refractivity contribution in [1.29, 1.82) is 0 Å². The summed E-state index contributed by atoms with van der Waals surface area (Å²) in [5.41, 5.74) is 2.61. The van der Waals surface area contributed by atoms with E-state index in [2.05, 4.69) is 17.2 Å². The van der Waals surface area contributed by atoms with Crippen LogP contribution in [0.4, 0.5) is 4.39 Å². The van der Waals surface area contributed by atoms with E-state index in [-0.39, 0.29) is 11.2 Å². The number of imidazole rings is 1. The molecule has 3 nitrogen and oxygen atoms in total. The topological polar surface area (TPSA) is 29.9 Å². The van der Waals surface area contributed by atoms with Crippen LogP contribution in [-0.4, -0.2) is 15.6 Å². The van der Waals surface area contributed by atoms with E-state index in [1.807, 2.05) is 36.3 Å². The van der Waals surface area contributed by atoms with Gasteiger partial charge >= 0.3 is 0 Å². The second-order valence-corrected chi connectivity index (χ2v) is 6.05. The Hall–Kier alpha value is -1.68. The summed E-state index contributed by atoms with van der Waals surface area (Å²) in [6.45, 7) is 3.10. The van der Waals surface area contributed by atoms with Crippen LogP contribution in [0.2, 0.25) is 0 Å². The summed E-state index contributed by atoms with van der Waals surface area (Å²) < 4.78 is 15.0. The Morgan fingerprint density at radius 1 is 1.35 bits per heavy atom. The van der Waals surface area contributed by atoms with Gasteiger partial charge in [0.1, 0.15) is 5.82 Å². The maximum absolute atomic E-state index is 13.0. The summed E-state index contributed by atoms with van der Waals surface area (Å²) in [6.07, 6.45) is 5.90. The molecule has 3 rings (SSSR count). The SMILES string of the molecule is Cn1cncc1CNC1CC(C)(c2ccc(F)cc2)C1. The molecule has 4 heteroatoms. The number of aromatic nitrogens is 2. The van der Waals surface area contributed by atoms with E-state index in [4.69, 9.17) is 0 Å². The van der Waals surface area contributed by atoms with Crippen molar-refractivity contribution in [3.8, 4) is 0 Å². The lowest BCUT2D eigenvalue weighted by Crippen LogP contribution is -2.49. The molecule has 0 atom stereocenters. The van der Waals surface area contributed by atoms with Gasteiger partial charge in [-0.2, -0.15) is 0 Å². The molecule has 2 aromatic rings. The van der Waals surface area contributed by atoms with Gasteiger partial charge in [0.05, 0.1) is 12.0 Å². The highest BCUT2D eigenvalue weighted by molar-refractivity contribution is 5.29. The quantitative estimate of drug-likeness (QED) is 0.928. The van der Waals surface area contributed by atoms with Crippen LogP contribution < -0.4 is 5.32 Å². The maximum atomic E-state index is 13.0. The maximum Gasteiger partial charge on any atom is 0.123 e. The zero-order chi connectivity index (χ0) is 14.2. The zero-order valence-corrected chi connectivity index (χ0v) is 11.9. The van der Waals surface area contributed by atoms with Crippen LogP contribution in [0.15, 0.2) is 36.8 Å². The minimum atomic E-state index is -0.164. The third-order valence-corrected chi connectivity index (χ3v) is 4.42. The van der Waals surface area contributed by atoms with Crippen LogP contribution in [-0.2, 0) is 19.0 Å². The van der Waals surface area contributed by atoms with Gasteiger partial charge in [-0.1, -0.05) is 19.1 Å². The fourth-order valence-electron chi connectivity index (χ4n) is 3.06. The third-order valence-electron chi connectivity index (χ3n) is 4.42. The Morgan fingerprint density at radius 2 is 2.05 bits per heavy atom. The Labute approximate surface area is 118 Å². The van der Waals surface area contributed by atoms with E-state index in [1.165, 1.54) is 11.3 Å². The Morgan fingerprint density at radius 3 is 2.65 bits per heavy atom. The van der Waals surface area contributed by atoms with Gasteiger partial charge in [0.15, 0.2) is 0 Å². The molecule has 1 aromatic heterocycles. The van der Waals surface area contributed by atoms with Crippen molar-refractivity contribution in [3.05, 3.63) is 53.9 Å². The predicted octanol–water partition coefficient (Wildman–Crippen LogP) is 2.77. The first kappa shape index (κ1) is 13.3. The standard InChI is InChI=1S/C16H20FN3/c1-16(12-3-5-13(17)6-4-12)7-14(8-16)19-10-15-9-18-11-20(15)2/h3-6,9,11,14,19H,7-8,10H2,1-2H3. The highest BCUT2D eigenvalue weighted by atomic mass is 19.1. The Balaban J connectivity index is 1.55. The Bertz CT molecular complexity index is 582. The van der Waals surface area contributed by atoms with Crippen molar-refractivity contribution in [2.75, 3.05) is 0 Å². The van der Waals surface area contributed by atoms with E-state index in [9.17, 15) is 4.39 Å². The monoisotopic (exact) mass is 273 g/mol. The van der Waals surface area contributed by atoms with Crippen LogP contribution in [0.5, 0.6) is 0 Å². The number of halogens is 1. The first-order valence-corrected chi connectivity index (χ1v) is 7.01. The van der Waals surface area contributed by atoms with Crippen LogP contribution in [0.3, 0.4) is 0 Å². The summed E-state index contributed by atoms with van der Waals surface area (Å²) in [4.78, 5) is 4.12. The second-order valence-electron chi connectivity index (χ2n) is 6.05. The highest BCUT2D eigenvalue weighted by Crippen LogP contribution is 2.43. The molecular formula is C16H20FN3. The normalized spacial score (nSPS) is 25.4. The van der Waals surface area contributed by atoms with Gasteiger partial charge in [0.2, 0.25) is 0 Å². The molecule has 1 heterocycles. The number of hydrogen-bond donors (Lipinski definition) is 1. The summed E-state index contributed by atoms with van der Waals surface area (Å²) in [7, 11) is 2.01. The molecule has 1 aliphatic rings. The average Bonchev–Trinajstić information content (AvgIpc) is 2.80. The lowest BCUT2D eigenvalue weighted by atomic mass is 9.63. The molecule has 0 unspecified atom stereocenters. The predicted molar refractivity (Wildman–Crippen MR) is 76.8 cm³/mol. The van der Waals surface area contributed by atoms with Crippen molar-refractivity contribution in [2.45, 2.75) is 37.8 Å². The number of hydrogen-bond acceptors (Lipinski definition) is 2. The van der Waals surface area contributed by atoms with Crippen LogP contribution in [0, 0.1) is 5.82 Å². The molecule has 20 heavy (non-hydrogen) atoms. The van der Waals surface area contributed by atoms with E-state index in [0.29, 0.717) is 6.04 Å². The molecule has 1 N–H and O–H groups in total. The van der Waals surface area contributed by atoms with E-state index in [0.717, 1.165) is 19.4 Å². The molecule has 1 fully saturated rings. The van der Waals surface area contributed by atoms with Crippen LogP contribution in [0.1, 0.15) is 31.0 Å². The summed E-state index contributed by atoms with van der Waals surface area (Å²) in [5.74, 6) is -0.164. The zero-order valence-electron chi connectivity index (χ0n) is 11.9. The van der Waals surface area contributed by atoms with Crippen molar-refractivity contribution >= 4 is 0 Å². The number of nitrogens with one attached hydrogen (secondary N) is 1. The summed E-state index contributed by atoms with van der Waals surface area (Å²) in [6, 6.07) is 7.45. The fraction of sp³-hybridized carbons (Fsp3) is 0.438. The minimum absolute atomic E-state index is 0.164. The molecule has 0 aliphatic heterocycles. The average molecular weight is 273 g/mol. The van der Waals surface area contributed by atoms with E-state index in [1.54, 1.807) is 12.1 Å². The fourth-order valence-corrected chi connectivity index (χ4v) is 3.06. The van der Waals surface area contributed by atoms with Crippen LogP contribution in [0.25, 0.3) is 0 Å². The summed E-state index contributed by atoms with van der Waals surface area (Å²) in [5, 5.41) is 3.56. The Kier molecular flexibility index (Phi) is 3.34. The van der Waals surface area contributed by atoms with Gasteiger partial charge in [0.25, 0.3) is 0 Å². The van der Waals surface area contributed by atoms with Gasteiger partial charge < -0.3 is 9.88 Å². The molecule has 1 aromatic carbocycles. The molecule has 0 amide bonds. The van der Waals surface area contributed by atoms with Gasteiger partial charge in [-0.3, -0.25) is 0 Å². The van der Waals surface area contributed by atoms with Crippen molar-refractivity contribution in [3.63, 3.8) is 0 Å². The number of rotatable bonds is 4. The van der Waals surface area contributed by atoms with Crippen molar-refractivity contribution in [1.82, 2.24) is 14.9 Å². The molecular weight excluding hydrogens is 253 g/mol. The molecule has 0 spiro atoms. The molecule has 0 saturated heterocycles. The lowest BCUT2D eigenvalue weighted by molar-refractivity contribution is 0.188. The van der Waals surface area contributed by atoms with Crippen molar-refractivity contribution < 1.29 is 4.39 Å². The molecule has 106 valence electrons. The van der Waals surface area contributed by atoms with Gasteiger partial charge in [0, 0.05) is 25.8 Å². The van der Waals surface area contributed by atoms with Crippen LogP contribution >= 0.6 is 0 Å². The van der Waals surface area contributed by atoms with Gasteiger partial charge in [-0.05, 0) is 36.0 Å². The number of nitrogens with zero attached hydrogens (tertiary/aromatic N) is 2. The third kappa shape index (κ3) is 2.48. The molecule has 1 saturated carbocycles. The van der Waals surface area contributed by atoms with Gasteiger partial charge in [-0.25, -0.2) is 9.37 Å². The highest BCUT2D eigenvalue weighted by Gasteiger charge is 2.41. The lowest BCUT2D eigenvalue weighted by Gasteiger charge is -2.46. The van der Waals surface area contributed by atoms with E-state index >= 15 is 0 Å². The van der Waals surface area contributed by atoms with E-state index < -0.39 is 0 Å². The molecule has 0 bridgehead atoms. The summed E-state index contributed by atoms with van der Waals surface area (Å²) >= 11 is 0. The minimum Gasteiger partial charge on any atom is -0.337 e. The van der Waals surface area contributed by atoms with Crippen molar-refractivity contribution in [2.24, 2.45) is 7.05 Å². The molecule has 0 radical (unpaired) electrons. The first-order chi connectivity index (χ1) is 9.57. The first-order valence-electron chi connectivity index (χ1n) is 7.01.